The number of nitrogens with two attached hydrogens (primary N) is 1. The van der Waals surface area contributed by atoms with Crippen LogP contribution >= 0.6 is 0 Å². The van der Waals surface area contributed by atoms with Crippen molar-refractivity contribution >= 4 is 0 Å². The molecular weight excluding hydrogens is 218 g/mol. The lowest BCUT2D eigenvalue weighted by molar-refractivity contribution is 0.211. The maximum atomic E-state index is 9.38. The predicted molar refractivity (Wildman–Crippen MR) is 65.5 cm³/mol. The van der Waals surface area contributed by atoms with Crippen LogP contribution in [0.5, 0.6) is 11.5 Å². The van der Waals surface area contributed by atoms with Crippen molar-refractivity contribution in [1.82, 2.24) is 0 Å². The highest BCUT2D eigenvalue weighted by atomic mass is 16.5. The molecule has 0 saturated heterocycles. The molecule has 0 aromatic heterocycles. The van der Waals surface area contributed by atoms with Crippen molar-refractivity contribution in [2.75, 3.05) is 27.4 Å². The molecule has 3 N–H and O–H groups in total. The summed E-state index contributed by atoms with van der Waals surface area (Å²) in [5.74, 6) is 1.78. The lowest BCUT2D eigenvalue weighted by Crippen LogP contribution is -2.21. The second-order valence-corrected chi connectivity index (χ2v) is 4.60. The summed E-state index contributed by atoms with van der Waals surface area (Å²) in [6.07, 6.45) is 0.940. The molecule has 1 aromatic rings. The van der Waals surface area contributed by atoms with Crippen molar-refractivity contribution in [3.63, 3.8) is 0 Å². The van der Waals surface area contributed by atoms with Gasteiger partial charge in [-0.25, -0.2) is 0 Å². The molecule has 4 nitrogen and oxygen atoms in total. The van der Waals surface area contributed by atoms with Gasteiger partial charge in [-0.1, -0.05) is 6.07 Å². The van der Waals surface area contributed by atoms with Gasteiger partial charge in [0, 0.05) is 12.0 Å². The number of hydrogen-bond donors (Lipinski definition) is 2. The predicted octanol–water partition coefficient (Wildman–Crippen LogP) is 1.13. The maximum Gasteiger partial charge on any atom is 0.160 e. The molecular formula is C13H19NO3. The van der Waals surface area contributed by atoms with Gasteiger partial charge in [-0.05, 0) is 30.0 Å². The van der Waals surface area contributed by atoms with Crippen LogP contribution in [0, 0.1) is 5.41 Å². The first-order valence-electron chi connectivity index (χ1n) is 5.73. The summed E-state index contributed by atoms with van der Waals surface area (Å²) in [4.78, 5) is 0. The number of benzene rings is 1. The first kappa shape index (κ1) is 12.2. The highest BCUT2D eigenvalue weighted by Gasteiger charge is 2.53. The van der Waals surface area contributed by atoms with Crippen molar-refractivity contribution in [1.29, 1.82) is 0 Å². The summed E-state index contributed by atoms with van der Waals surface area (Å²) in [5.41, 5.74) is 6.75. The highest BCUT2D eigenvalue weighted by Crippen LogP contribution is 2.58. The number of methoxy groups -OCH3 is 2. The molecule has 2 rings (SSSR count). The van der Waals surface area contributed by atoms with Gasteiger partial charge in [-0.15, -0.1) is 0 Å². The van der Waals surface area contributed by atoms with Crippen molar-refractivity contribution < 1.29 is 14.6 Å². The molecule has 0 radical (unpaired) electrons. The van der Waals surface area contributed by atoms with E-state index in [1.165, 1.54) is 0 Å². The second-order valence-electron chi connectivity index (χ2n) is 4.60. The maximum absolute atomic E-state index is 9.38. The van der Waals surface area contributed by atoms with Crippen molar-refractivity contribution in [2.45, 2.75) is 12.3 Å². The molecule has 0 aliphatic heterocycles. The van der Waals surface area contributed by atoms with Gasteiger partial charge >= 0.3 is 0 Å². The quantitative estimate of drug-likeness (QED) is 0.805. The third-order valence-electron chi connectivity index (χ3n) is 3.72. The number of hydrogen-bond acceptors (Lipinski definition) is 4. The normalized spacial score (nSPS) is 26.7. The van der Waals surface area contributed by atoms with Crippen LogP contribution in [0.1, 0.15) is 17.9 Å². The smallest absolute Gasteiger partial charge is 0.160 e. The van der Waals surface area contributed by atoms with E-state index in [0.29, 0.717) is 12.5 Å². The van der Waals surface area contributed by atoms with Crippen LogP contribution in [0.2, 0.25) is 0 Å². The van der Waals surface area contributed by atoms with E-state index in [4.69, 9.17) is 15.2 Å². The minimum absolute atomic E-state index is 0.125. The van der Waals surface area contributed by atoms with Crippen LogP contribution in [0.25, 0.3) is 0 Å². The zero-order valence-electron chi connectivity index (χ0n) is 10.3. The van der Waals surface area contributed by atoms with Crippen LogP contribution in [0.4, 0.5) is 0 Å². The van der Waals surface area contributed by atoms with E-state index in [2.05, 4.69) is 0 Å². The third-order valence-corrected chi connectivity index (χ3v) is 3.72. The molecule has 4 heteroatoms. The Morgan fingerprint density at radius 1 is 1.35 bits per heavy atom. The summed E-state index contributed by atoms with van der Waals surface area (Å²) in [5, 5.41) is 9.38. The number of rotatable bonds is 5. The summed E-state index contributed by atoms with van der Waals surface area (Å²) < 4.78 is 10.5. The standard InChI is InChI=1S/C13H19NO3/c1-16-11-4-3-9(5-12(11)17-2)10-6-13(10,7-14)8-15/h3-5,10,15H,6-8,14H2,1-2H3. The Balaban J connectivity index is 2.24. The van der Waals surface area contributed by atoms with Crippen LogP contribution in [-0.4, -0.2) is 32.5 Å². The van der Waals surface area contributed by atoms with E-state index in [-0.39, 0.29) is 12.0 Å². The molecule has 17 heavy (non-hydrogen) atoms. The second kappa shape index (κ2) is 4.55. The number of ether oxygens (including phenoxy) is 2. The molecule has 0 heterocycles. The van der Waals surface area contributed by atoms with E-state index < -0.39 is 0 Å². The van der Waals surface area contributed by atoms with Crippen LogP contribution in [-0.2, 0) is 0 Å². The average molecular weight is 237 g/mol. The Hall–Kier alpha value is -1.26. The minimum atomic E-state index is -0.125. The SMILES string of the molecule is COc1ccc(C2CC2(CN)CO)cc1OC. The van der Waals surface area contributed by atoms with E-state index in [1.54, 1.807) is 14.2 Å². The summed E-state index contributed by atoms with van der Waals surface area (Å²) in [7, 11) is 3.24. The topological polar surface area (TPSA) is 64.7 Å². The average Bonchev–Trinajstić information content (AvgIpc) is 3.13. The van der Waals surface area contributed by atoms with Gasteiger partial charge in [0.1, 0.15) is 0 Å². The van der Waals surface area contributed by atoms with E-state index >= 15 is 0 Å². The van der Waals surface area contributed by atoms with Crippen LogP contribution in [0.15, 0.2) is 18.2 Å². The molecule has 1 aliphatic carbocycles. The highest BCUT2D eigenvalue weighted by molar-refractivity contribution is 5.46. The van der Waals surface area contributed by atoms with Crippen molar-refractivity contribution in [3.05, 3.63) is 23.8 Å². The van der Waals surface area contributed by atoms with Gasteiger partial charge in [0.25, 0.3) is 0 Å². The molecule has 94 valence electrons. The van der Waals surface area contributed by atoms with Gasteiger partial charge in [-0.3, -0.25) is 0 Å². The van der Waals surface area contributed by atoms with Gasteiger partial charge < -0.3 is 20.3 Å². The summed E-state index contributed by atoms with van der Waals surface area (Å²) in [6, 6.07) is 5.88. The van der Waals surface area contributed by atoms with Gasteiger partial charge in [-0.2, -0.15) is 0 Å². The third kappa shape index (κ3) is 1.98. The molecule has 0 amide bonds. The lowest BCUT2D eigenvalue weighted by Gasteiger charge is -2.13. The van der Waals surface area contributed by atoms with E-state index in [9.17, 15) is 5.11 Å². The Labute approximate surface area is 101 Å². The van der Waals surface area contributed by atoms with Gasteiger partial charge in [0.2, 0.25) is 0 Å². The van der Waals surface area contributed by atoms with Crippen molar-refractivity contribution in [3.8, 4) is 11.5 Å². The molecule has 1 saturated carbocycles. The van der Waals surface area contributed by atoms with Crippen LogP contribution < -0.4 is 15.2 Å². The van der Waals surface area contributed by atoms with Crippen molar-refractivity contribution in [2.24, 2.45) is 11.1 Å². The zero-order chi connectivity index (χ0) is 12.5. The first-order chi connectivity index (χ1) is 8.20. The Kier molecular flexibility index (Phi) is 3.26. The zero-order valence-corrected chi connectivity index (χ0v) is 10.3. The molecule has 0 spiro atoms. The molecule has 1 fully saturated rings. The van der Waals surface area contributed by atoms with Gasteiger partial charge in [0.15, 0.2) is 11.5 Å². The molecule has 1 aromatic carbocycles. The van der Waals surface area contributed by atoms with Crippen LogP contribution in [0.3, 0.4) is 0 Å². The first-order valence-corrected chi connectivity index (χ1v) is 5.73. The monoisotopic (exact) mass is 237 g/mol. The van der Waals surface area contributed by atoms with Gasteiger partial charge in [0.05, 0.1) is 20.8 Å². The molecule has 2 atom stereocenters. The fraction of sp³-hybridized carbons (Fsp3) is 0.538. The fourth-order valence-corrected chi connectivity index (χ4v) is 2.35. The molecule has 2 unspecified atom stereocenters. The molecule has 1 aliphatic rings. The Bertz CT molecular complexity index is 402. The van der Waals surface area contributed by atoms with E-state index in [1.807, 2.05) is 18.2 Å². The number of aliphatic hydroxyl groups is 1. The Morgan fingerprint density at radius 2 is 2.06 bits per heavy atom. The number of aliphatic hydroxyl groups excluding tert-OH is 1. The summed E-state index contributed by atoms with van der Waals surface area (Å²) >= 11 is 0. The minimum Gasteiger partial charge on any atom is -0.493 e. The lowest BCUT2D eigenvalue weighted by atomic mass is 10.00. The van der Waals surface area contributed by atoms with E-state index in [0.717, 1.165) is 23.5 Å². The fourth-order valence-electron chi connectivity index (χ4n) is 2.35. The molecule has 0 bridgehead atoms. The Morgan fingerprint density at radius 3 is 2.53 bits per heavy atom. The largest absolute Gasteiger partial charge is 0.493 e. The summed E-state index contributed by atoms with van der Waals surface area (Å²) in [6.45, 7) is 0.658.